The summed E-state index contributed by atoms with van der Waals surface area (Å²) in [7, 11) is 1.59. The van der Waals surface area contributed by atoms with Gasteiger partial charge in [0.05, 0.1) is 7.11 Å². The van der Waals surface area contributed by atoms with Crippen LogP contribution in [0.4, 0.5) is 0 Å². The van der Waals surface area contributed by atoms with Gasteiger partial charge in [-0.25, -0.2) is 4.68 Å². The third-order valence-corrected chi connectivity index (χ3v) is 2.13. The van der Waals surface area contributed by atoms with E-state index in [9.17, 15) is 0 Å². The minimum Gasteiger partial charge on any atom is -0.481 e. The van der Waals surface area contributed by atoms with Gasteiger partial charge in [0.2, 0.25) is 5.88 Å². The predicted octanol–water partition coefficient (Wildman–Crippen LogP) is 2.04. The van der Waals surface area contributed by atoms with Crippen LogP contribution in [-0.2, 0) is 0 Å². The normalized spacial score (nSPS) is 10.1. The molecule has 0 N–H and O–H groups in total. The fraction of sp³-hybridized carbons (Fsp3) is 0.111. The van der Waals surface area contributed by atoms with Crippen molar-refractivity contribution in [3.63, 3.8) is 0 Å². The van der Waals surface area contributed by atoms with E-state index in [1.54, 1.807) is 17.9 Å². The van der Waals surface area contributed by atoms with Crippen molar-refractivity contribution in [1.82, 2.24) is 14.8 Å². The third kappa shape index (κ3) is 1.77. The van der Waals surface area contributed by atoms with Gasteiger partial charge in [-0.1, -0.05) is 6.07 Å². The minimum atomic E-state index is 0.578. The van der Waals surface area contributed by atoms with Gasteiger partial charge in [-0.2, -0.15) is 10.1 Å². The fourth-order valence-electron chi connectivity index (χ4n) is 1.07. The van der Waals surface area contributed by atoms with Gasteiger partial charge in [0.1, 0.15) is 4.60 Å². The SMILES string of the molecule is COc1cccc(-n2ccc(Br)n2)n1. The van der Waals surface area contributed by atoms with Crippen LogP contribution >= 0.6 is 15.9 Å². The number of nitrogens with zero attached hydrogens (tertiary/aromatic N) is 3. The molecular weight excluding hydrogens is 246 g/mol. The molecule has 2 aromatic heterocycles. The Morgan fingerprint density at radius 2 is 2.21 bits per heavy atom. The molecule has 0 unspecified atom stereocenters. The maximum atomic E-state index is 5.02. The van der Waals surface area contributed by atoms with Crippen LogP contribution in [0.5, 0.6) is 5.88 Å². The monoisotopic (exact) mass is 253 g/mol. The average Bonchev–Trinajstić information content (AvgIpc) is 2.65. The van der Waals surface area contributed by atoms with Crippen molar-refractivity contribution < 1.29 is 4.74 Å². The van der Waals surface area contributed by atoms with Crippen LogP contribution in [0.25, 0.3) is 5.82 Å². The number of methoxy groups -OCH3 is 1. The first-order valence-corrected chi connectivity index (χ1v) is 4.81. The number of aromatic nitrogens is 3. The topological polar surface area (TPSA) is 39.9 Å². The molecule has 0 bridgehead atoms. The maximum absolute atomic E-state index is 5.02. The average molecular weight is 254 g/mol. The molecule has 0 atom stereocenters. The van der Waals surface area contributed by atoms with Crippen LogP contribution in [0.3, 0.4) is 0 Å². The molecule has 5 heteroatoms. The van der Waals surface area contributed by atoms with E-state index in [2.05, 4.69) is 26.0 Å². The molecule has 4 nitrogen and oxygen atoms in total. The van der Waals surface area contributed by atoms with E-state index in [0.29, 0.717) is 5.88 Å². The van der Waals surface area contributed by atoms with Crippen molar-refractivity contribution in [2.75, 3.05) is 7.11 Å². The van der Waals surface area contributed by atoms with Gasteiger partial charge in [0.25, 0.3) is 0 Å². The smallest absolute Gasteiger partial charge is 0.214 e. The molecule has 14 heavy (non-hydrogen) atoms. The number of pyridine rings is 1. The Morgan fingerprint density at radius 3 is 2.86 bits per heavy atom. The number of hydrogen-bond acceptors (Lipinski definition) is 3. The molecule has 2 heterocycles. The largest absolute Gasteiger partial charge is 0.481 e. The second kappa shape index (κ2) is 3.79. The molecule has 0 amide bonds. The minimum absolute atomic E-state index is 0.578. The Hall–Kier alpha value is -1.36. The zero-order valence-corrected chi connectivity index (χ0v) is 9.10. The van der Waals surface area contributed by atoms with Gasteiger partial charge >= 0.3 is 0 Å². The molecule has 0 saturated carbocycles. The number of hydrogen-bond donors (Lipinski definition) is 0. The van der Waals surface area contributed by atoms with Crippen molar-refractivity contribution in [2.45, 2.75) is 0 Å². The lowest BCUT2D eigenvalue weighted by Gasteiger charge is -2.02. The third-order valence-electron chi connectivity index (χ3n) is 1.71. The standard InChI is InChI=1S/C9H8BrN3O/c1-14-9-4-2-3-8(11-9)13-6-5-7(10)12-13/h2-6H,1H3. The van der Waals surface area contributed by atoms with Crippen LogP contribution in [0.1, 0.15) is 0 Å². The van der Waals surface area contributed by atoms with Gasteiger partial charge < -0.3 is 4.74 Å². The van der Waals surface area contributed by atoms with Crippen molar-refractivity contribution in [2.24, 2.45) is 0 Å². The first-order valence-electron chi connectivity index (χ1n) is 4.02. The maximum Gasteiger partial charge on any atom is 0.214 e. The van der Waals surface area contributed by atoms with Crippen molar-refractivity contribution in [3.8, 4) is 11.7 Å². The number of ether oxygens (including phenoxy) is 1. The van der Waals surface area contributed by atoms with Crippen molar-refractivity contribution in [3.05, 3.63) is 35.1 Å². The summed E-state index contributed by atoms with van der Waals surface area (Å²) < 4.78 is 7.47. The quantitative estimate of drug-likeness (QED) is 0.823. The van der Waals surface area contributed by atoms with E-state index < -0.39 is 0 Å². The summed E-state index contributed by atoms with van der Waals surface area (Å²) in [6.45, 7) is 0. The molecule has 2 rings (SSSR count). The lowest BCUT2D eigenvalue weighted by atomic mass is 10.4. The Labute approximate surface area is 89.7 Å². The number of halogens is 1. The summed E-state index contributed by atoms with van der Waals surface area (Å²) in [5.41, 5.74) is 0. The molecule has 0 fully saturated rings. The molecule has 0 aliphatic carbocycles. The molecule has 0 aromatic carbocycles. The highest BCUT2D eigenvalue weighted by molar-refractivity contribution is 9.10. The molecule has 0 spiro atoms. The van der Waals surface area contributed by atoms with E-state index in [1.165, 1.54) is 0 Å². The van der Waals surface area contributed by atoms with Crippen LogP contribution in [0, 0.1) is 0 Å². The second-order valence-corrected chi connectivity index (χ2v) is 3.43. The Morgan fingerprint density at radius 1 is 1.36 bits per heavy atom. The summed E-state index contributed by atoms with van der Waals surface area (Å²) in [6, 6.07) is 7.38. The van der Waals surface area contributed by atoms with E-state index in [1.807, 2.05) is 24.4 Å². The van der Waals surface area contributed by atoms with E-state index in [4.69, 9.17) is 4.74 Å². The zero-order valence-electron chi connectivity index (χ0n) is 7.51. The van der Waals surface area contributed by atoms with Gasteiger partial charge in [-0.05, 0) is 28.1 Å². The summed E-state index contributed by atoms with van der Waals surface area (Å²) in [4.78, 5) is 4.23. The second-order valence-electron chi connectivity index (χ2n) is 2.62. The molecule has 0 aliphatic rings. The lowest BCUT2D eigenvalue weighted by Crippen LogP contribution is -1.99. The van der Waals surface area contributed by atoms with Gasteiger partial charge in [-0.3, -0.25) is 0 Å². The highest BCUT2D eigenvalue weighted by Crippen LogP contribution is 2.12. The van der Waals surface area contributed by atoms with E-state index in [-0.39, 0.29) is 0 Å². The first kappa shape index (κ1) is 9.21. The Kier molecular flexibility index (Phi) is 2.49. The van der Waals surface area contributed by atoms with Crippen LogP contribution in [0.15, 0.2) is 35.1 Å². The fourth-order valence-corrected chi connectivity index (χ4v) is 1.36. The summed E-state index contributed by atoms with van der Waals surface area (Å²) in [5, 5.41) is 4.17. The Balaban J connectivity index is 2.41. The highest BCUT2D eigenvalue weighted by Gasteiger charge is 2.01. The molecule has 0 radical (unpaired) electrons. The summed E-state index contributed by atoms with van der Waals surface area (Å²) in [6.07, 6.45) is 1.83. The predicted molar refractivity (Wildman–Crippen MR) is 55.6 cm³/mol. The van der Waals surface area contributed by atoms with Gasteiger partial charge in [-0.15, -0.1) is 0 Å². The van der Waals surface area contributed by atoms with Crippen LogP contribution < -0.4 is 4.74 Å². The van der Waals surface area contributed by atoms with E-state index >= 15 is 0 Å². The van der Waals surface area contributed by atoms with Crippen LogP contribution in [0.2, 0.25) is 0 Å². The molecule has 0 aliphatic heterocycles. The van der Waals surface area contributed by atoms with Crippen LogP contribution in [-0.4, -0.2) is 21.9 Å². The van der Waals surface area contributed by atoms with Crippen molar-refractivity contribution >= 4 is 15.9 Å². The lowest BCUT2D eigenvalue weighted by molar-refractivity contribution is 0.397. The molecule has 0 saturated heterocycles. The number of rotatable bonds is 2. The summed E-state index contributed by atoms with van der Waals surface area (Å²) >= 11 is 3.27. The Bertz CT molecular complexity index is 441. The molecular formula is C9H8BrN3O. The zero-order chi connectivity index (χ0) is 9.97. The molecule has 72 valence electrons. The van der Waals surface area contributed by atoms with Crippen molar-refractivity contribution in [1.29, 1.82) is 0 Å². The van der Waals surface area contributed by atoms with E-state index in [0.717, 1.165) is 10.4 Å². The van der Waals surface area contributed by atoms with Gasteiger partial charge in [0.15, 0.2) is 5.82 Å². The first-order chi connectivity index (χ1) is 6.79. The summed E-state index contributed by atoms with van der Waals surface area (Å²) in [5.74, 6) is 1.31. The highest BCUT2D eigenvalue weighted by atomic mass is 79.9. The molecule has 2 aromatic rings. The van der Waals surface area contributed by atoms with Gasteiger partial charge in [0, 0.05) is 12.3 Å².